The summed E-state index contributed by atoms with van der Waals surface area (Å²) in [5.74, 6) is 0.474. The summed E-state index contributed by atoms with van der Waals surface area (Å²) in [5, 5.41) is 0. The maximum absolute atomic E-state index is 11.6. The number of carbonyl (C=O) groups is 1. The van der Waals surface area contributed by atoms with E-state index >= 15 is 0 Å². The van der Waals surface area contributed by atoms with Gasteiger partial charge in [-0.2, -0.15) is 0 Å². The number of fused-ring (bicyclic) bond motifs is 1. The third-order valence-electron chi connectivity index (χ3n) is 4.40. The summed E-state index contributed by atoms with van der Waals surface area (Å²) in [6.07, 6.45) is 3.57. The number of sulfone groups is 1. The highest BCUT2D eigenvalue weighted by Gasteiger charge is 2.25. The molecular formula is C20H22BN2O7S. The molecule has 1 aliphatic rings. The average molecular weight is 445 g/mol. The third kappa shape index (κ3) is 5.63. The number of amides is 1. The van der Waals surface area contributed by atoms with E-state index in [-0.39, 0.29) is 24.0 Å². The van der Waals surface area contributed by atoms with Gasteiger partial charge in [0.05, 0.1) is 18.1 Å². The van der Waals surface area contributed by atoms with E-state index in [0.717, 1.165) is 6.26 Å². The Labute approximate surface area is 181 Å². The van der Waals surface area contributed by atoms with Gasteiger partial charge in [0.2, 0.25) is 19.1 Å². The Hall–Kier alpha value is -2.89. The van der Waals surface area contributed by atoms with Crippen LogP contribution in [0.25, 0.3) is 6.08 Å². The molecule has 1 radical (unpaired) electrons. The molecule has 2 aromatic rings. The predicted octanol–water partition coefficient (Wildman–Crippen LogP) is 0.487. The standard InChI is InChI=1S/C20H22BN2O7S/c1-27-10-14(11-28-2)29-17-8-13(6-12-7-16(20(22)24)21-19(12)17)30-18-5-4-15(9-23-18)31(3,25)26/h4-9,14H,10-11H2,1-3H3,(H2,22,24). The summed E-state index contributed by atoms with van der Waals surface area (Å²) < 4.78 is 45.4. The summed E-state index contributed by atoms with van der Waals surface area (Å²) >= 11 is 0. The first kappa shape index (κ1) is 22.8. The lowest BCUT2D eigenvalue weighted by molar-refractivity contribution is -0.113. The summed E-state index contributed by atoms with van der Waals surface area (Å²) in [7, 11) is 1.39. The van der Waals surface area contributed by atoms with Crippen molar-refractivity contribution in [3.05, 3.63) is 41.5 Å². The van der Waals surface area contributed by atoms with Crippen molar-refractivity contribution in [1.82, 2.24) is 4.98 Å². The van der Waals surface area contributed by atoms with E-state index in [4.69, 9.17) is 24.7 Å². The monoisotopic (exact) mass is 445 g/mol. The van der Waals surface area contributed by atoms with Gasteiger partial charge in [-0.05, 0) is 28.6 Å². The zero-order chi connectivity index (χ0) is 22.6. The van der Waals surface area contributed by atoms with Crippen molar-refractivity contribution in [3.8, 4) is 17.4 Å². The van der Waals surface area contributed by atoms with E-state index in [2.05, 4.69) is 4.98 Å². The summed E-state index contributed by atoms with van der Waals surface area (Å²) in [6.45, 7) is 0.580. The zero-order valence-corrected chi connectivity index (χ0v) is 18.1. The Morgan fingerprint density at radius 2 is 1.90 bits per heavy atom. The molecule has 11 heteroatoms. The molecule has 0 unspecified atom stereocenters. The molecule has 9 nitrogen and oxygen atoms in total. The second kappa shape index (κ2) is 9.50. The number of hydrogen-bond donors (Lipinski definition) is 1. The Balaban J connectivity index is 1.93. The van der Waals surface area contributed by atoms with E-state index in [1.165, 1.54) is 18.3 Å². The summed E-state index contributed by atoms with van der Waals surface area (Å²) in [6, 6.07) is 6.23. The molecule has 0 saturated heterocycles. The number of nitrogens with two attached hydrogens (primary N) is 1. The highest BCUT2D eigenvalue weighted by Crippen LogP contribution is 2.29. The molecule has 3 rings (SSSR count). The lowest BCUT2D eigenvalue weighted by atomic mass is 9.66. The first-order valence-electron chi connectivity index (χ1n) is 9.24. The topological polar surface area (TPSA) is 127 Å². The minimum absolute atomic E-state index is 0.0865. The predicted molar refractivity (Wildman–Crippen MR) is 115 cm³/mol. The van der Waals surface area contributed by atoms with Gasteiger partial charge in [-0.25, -0.2) is 13.4 Å². The molecule has 1 aromatic carbocycles. The van der Waals surface area contributed by atoms with Crippen LogP contribution in [-0.4, -0.2) is 66.4 Å². The van der Waals surface area contributed by atoms with Gasteiger partial charge >= 0.3 is 0 Å². The van der Waals surface area contributed by atoms with Crippen LogP contribution >= 0.6 is 0 Å². The van der Waals surface area contributed by atoms with E-state index in [1.54, 1.807) is 39.7 Å². The van der Waals surface area contributed by atoms with Crippen LogP contribution in [0.1, 0.15) is 5.56 Å². The number of nitrogens with zero attached hydrogens (tertiary/aromatic N) is 1. The van der Waals surface area contributed by atoms with Crippen molar-refractivity contribution >= 4 is 34.6 Å². The highest BCUT2D eigenvalue weighted by molar-refractivity contribution is 7.90. The number of primary amides is 1. The van der Waals surface area contributed by atoms with Crippen LogP contribution in [-0.2, 0) is 24.1 Å². The molecule has 0 saturated carbocycles. The number of ether oxygens (including phenoxy) is 4. The van der Waals surface area contributed by atoms with Crippen LogP contribution in [0.15, 0.2) is 40.8 Å². The number of hydrogen-bond acceptors (Lipinski definition) is 8. The van der Waals surface area contributed by atoms with E-state index < -0.39 is 21.8 Å². The maximum atomic E-state index is 11.6. The van der Waals surface area contributed by atoms with Crippen molar-refractivity contribution in [1.29, 1.82) is 0 Å². The molecule has 2 heterocycles. The van der Waals surface area contributed by atoms with E-state index in [9.17, 15) is 13.2 Å². The highest BCUT2D eigenvalue weighted by atomic mass is 32.2. The molecule has 0 aliphatic carbocycles. The van der Waals surface area contributed by atoms with Crippen molar-refractivity contribution in [2.24, 2.45) is 5.73 Å². The molecule has 0 bridgehead atoms. The van der Waals surface area contributed by atoms with Gasteiger partial charge in [-0.3, -0.25) is 4.79 Å². The molecule has 0 spiro atoms. The number of pyridine rings is 1. The second-order valence-electron chi connectivity index (χ2n) is 6.89. The van der Waals surface area contributed by atoms with Crippen LogP contribution in [0.2, 0.25) is 0 Å². The Morgan fingerprint density at radius 3 is 2.45 bits per heavy atom. The molecule has 0 atom stereocenters. The maximum Gasteiger partial charge on any atom is 0.235 e. The number of methoxy groups -OCH3 is 2. The van der Waals surface area contributed by atoms with Gasteiger partial charge < -0.3 is 24.7 Å². The van der Waals surface area contributed by atoms with Crippen LogP contribution in [0, 0.1) is 0 Å². The third-order valence-corrected chi connectivity index (χ3v) is 5.50. The molecule has 31 heavy (non-hydrogen) atoms. The molecular weight excluding hydrogens is 423 g/mol. The van der Waals surface area contributed by atoms with Crippen LogP contribution in [0.3, 0.4) is 0 Å². The Bertz CT molecular complexity index is 1100. The number of rotatable bonds is 10. The Morgan fingerprint density at radius 1 is 1.19 bits per heavy atom. The van der Waals surface area contributed by atoms with Gasteiger partial charge in [0, 0.05) is 38.8 Å². The van der Waals surface area contributed by atoms with Crippen LogP contribution in [0.5, 0.6) is 17.4 Å². The minimum Gasteiger partial charge on any atom is -0.486 e. The number of benzene rings is 1. The first-order chi connectivity index (χ1) is 14.7. The molecule has 163 valence electrons. The zero-order valence-electron chi connectivity index (χ0n) is 17.3. The number of aromatic nitrogens is 1. The molecule has 1 aliphatic heterocycles. The van der Waals surface area contributed by atoms with Crippen molar-refractivity contribution in [3.63, 3.8) is 0 Å². The molecule has 1 amide bonds. The lowest BCUT2D eigenvalue weighted by Crippen LogP contribution is -2.31. The van der Waals surface area contributed by atoms with Crippen molar-refractivity contribution in [2.75, 3.05) is 33.7 Å². The molecule has 1 aromatic heterocycles. The fraction of sp³-hybridized carbons (Fsp3) is 0.300. The van der Waals surface area contributed by atoms with Crippen molar-refractivity contribution < 1.29 is 32.2 Å². The van der Waals surface area contributed by atoms with Crippen LogP contribution in [0.4, 0.5) is 0 Å². The van der Waals surface area contributed by atoms with Gasteiger partial charge in [0.15, 0.2) is 9.84 Å². The lowest BCUT2D eigenvalue weighted by Gasteiger charge is -2.20. The molecule has 0 fully saturated rings. The summed E-state index contributed by atoms with van der Waals surface area (Å²) in [5.41, 5.74) is 7.12. The Kier molecular flexibility index (Phi) is 6.99. The summed E-state index contributed by atoms with van der Waals surface area (Å²) in [4.78, 5) is 15.8. The van der Waals surface area contributed by atoms with E-state index in [0.29, 0.717) is 28.0 Å². The normalized spacial score (nSPS) is 12.8. The quantitative estimate of drug-likeness (QED) is 0.524. The largest absolute Gasteiger partial charge is 0.486 e. The van der Waals surface area contributed by atoms with Gasteiger partial charge in [0.1, 0.15) is 17.6 Å². The fourth-order valence-electron chi connectivity index (χ4n) is 2.99. The van der Waals surface area contributed by atoms with E-state index in [1.807, 2.05) is 0 Å². The van der Waals surface area contributed by atoms with Crippen molar-refractivity contribution in [2.45, 2.75) is 11.0 Å². The van der Waals surface area contributed by atoms with Gasteiger partial charge in [-0.15, -0.1) is 0 Å². The van der Waals surface area contributed by atoms with Gasteiger partial charge in [0.25, 0.3) is 0 Å². The number of carbonyl (C=O) groups excluding carboxylic acids is 1. The average Bonchev–Trinajstić information content (AvgIpc) is 3.13. The minimum atomic E-state index is -3.36. The first-order valence-corrected chi connectivity index (χ1v) is 11.1. The second-order valence-corrected chi connectivity index (χ2v) is 8.91. The fourth-order valence-corrected chi connectivity index (χ4v) is 3.55. The molecule has 2 N–H and O–H groups in total. The smallest absolute Gasteiger partial charge is 0.235 e. The van der Waals surface area contributed by atoms with Crippen LogP contribution < -0.4 is 20.7 Å². The van der Waals surface area contributed by atoms with Gasteiger partial charge in [-0.1, -0.05) is 6.08 Å². The SMILES string of the molecule is COCC(COC)Oc1cc(Oc2ccc(S(C)(=O)=O)cn2)cc2c1[B]C(C(N)=O)=C2.